The number of carboxylic acids is 1. The van der Waals surface area contributed by atoms with Gasteiger partial charge < -0.3 is 9.63 Å². The first-order valence-corrected chi connectivity index (χ1v) is 5.00. The summed E-state index contributed by atoms with van der Waals surface area (Å²) in [6.07, 6.45) is 0.972. The van der Waals surface area contributed by atoms with Crippen LogP contribution in [0.4, 0.5) is 0 Å². The fraction of sp³-hybridized carbons (Fsp3) is 0.167. The summed E-state index contributed by atoms with van der Waals surface area (Å²) in [5, 5.41) is 12.4. The van der Waals surface area contributed by atoms with Crippen molar-refractivity contribution >= 4 is 5.97 Å². The largest absolute Gasteiger partial charge is 0.475 e. The maximum atomic E-state index is 10.6. The molecule has 0 saturated carbocycles. The second kappa shape index (κ2) is 4.18. The lowest BCUT2D eigenvalue weighted by atomic mass is 10.1. The minimum absolute atomic E-state index is 0.144. The van der Waals surface area contributed by atoms with Crippen molar-refractivity contribution in [1.29, 1.82) is 0 Å². The summed E-state index contributed by atoms with van der Waals surface area (Å²) in [6, 6.07) is 9.21. The molecule has 0 aliphatic rings. The van der Waals surface area contributed by atoms with E-state index in [2.05, 4.69) is 16.6 Å². The minimum atomic E-state index is -1.11. The predicted molar refractivity (Wildman–Crippen MR) is 58.3 cm³/mol. The second-order valence-electron chi connectivity index (χ2n) is 3.43. The molecule has 4 heteroatoms. The highest BCUT2D eigenvalue weighted by Crippen LogP contribution is 2.19. The van der Waals surface area contributed by atoms with Gasteiger partial charge >= 0.3 is 5.97 Å². The van der Waals surface area contributed by atoms with Gasteiger partial charge in [0, 0.05) is 11.6 Å². The van der Waals surface area contributed by atoms with Crippen molar-refractivity contribution in [3.05, 3.63) is 41.7 Å². The molecular weight excluding hydrogens is 206 g/mol. The van der Waals surface area contributed by atoms with Crippen molar-refractivity contribution in [3.8, 4) is 11.3 Å². The lowest BCUT2D eigenvalue weighted by Crippen LogP contribution is -1.91. The van der Waals surface area contributed by atoms with Crippen molar-refractivity contribution < 1.29 is 14.4 Å². The molecular formula is C12H11NO3. The summed E-state index contributed by atoms with van der Waals surface area (Å²) >= 11 is 0. The van der Waals surface area contributed by atoms with E-state index in [0.717, 1.165) is 12.0 Å². The minimum Gasteiger partial charge on any atom is -0.475 e. The van der Waals surface area contributed by atoms with Crippen LogP contribution in [0.5, 0.6) is 0 Å². The molecule has 1 N–H and O–H groups in total. The first-order chi connectivity index (χ1) is 7.70. The molecule has 0 fully saturated rings. The van der Waals surface area contributed by atoms with E-state index < -0.39 is 5.97 Å². The maximum Gasteiger partial charge on any atom is 0.374 e. The van der Waals surface area contributed by atoms with Crippen LogP contribution in [0.2, 0.25) is 0 Å². The lowest BCUT2D eigenvalue weighted by Gasteiger charge is -1.97. The molecule has 0 aliphatic heterocycles. The van der Waals surface area contributed by atoms with Crippen molar-refractivity contribution in [2.75, 3.05) is 0 Å². The number of benzene rings is 1. The van der Waals surface area contributed by atoms with E-state index in [4.69, 9.17) is 5.11 Å². The lowest BCUT2D eigenvalue weighted by molar-refractivity contribution is 0.0652. The molecule has 2 aromatic rings. The Bertz CT molecular complexity index is 499. The van der Waals surface area contributed by atoms with Crippen LogP contribution in [0.15, 0.2) is 34.9 Å². The van der Waals surface area contributed by atoms with Crippen LogP contribution in [-0.2, 0) is 6.42 Å². The summed E-state index contributed by atoms with van der Waals surface area (Å²) in [5.41, 5.74) is 2.62. The van der Waals surface area contributed by atoms with E-state index in [0.29, 0.717) is 5.69 Å². The van der Waals surface area contributed by atoms with Gasteiger partial charge in [-0.2, -0.15) is 0 Å². The molecule has 0 bridgehead atoms. The monoisotopic (exact) mass is 217 g/mol. The molecule has 0 unspecified atom stereocenters. The summed E-state index contributed by atoms with van der Waals surface area (Å²) in [6.45, 7) is 2.08. The van der Waals surface area contributed by atoms with Crippen LogP contribution in [0.3, 0.4) is 0 Å². The first kappa shape index (κ1) is 10.4. The van der Waals surface area contributed by atoms with Crippen LogP contribution in [-0.4, -0.2) is 16.2 Å². The van der Waals surface area contributed by atoms with Crippen LogP contribution < -0.4 is 0 Å². The molecule has 0 atom stereocenters. The number of aromatic nitrogens is 1. The molecule has 2 rings (SSSR count). The van der Waals surface area contributed by atoms with E-state index >= 15 is 0 Å². The fourth-order valence-electron chi connectivity index (χ4n) is 1.42. The third-order valence-corrected chi connectivity index (χ3v) is 2.38. The van der Waals surface area contributed by atoms with Gasteiger partial charge in [0.1, 0.15) is 5.69 Å². The quantitative estimate of drug-likeness (QED) is 0.858. The zero-order chi connectivity index (χ0) is 11.5. The van der Waals surface area contributed by atoms with Crippen molar-refractivity contribution in [3.63, 3.8) is 0 Å². The fourth-order valence-corrected chi connectivity index (χ4v) is 1.42. The number of nitrogens with zero attached hydrogens (tertiary/aromatic N) is 1. The van der Waals surface area contributed by atoms with Crippen molar-refractivity contribution in [2.45, 2.75) is 13.3 Å². The SMILES string of the molecule is CCc1ccc(-c2cc(C(=O)O)on2)cc1. The number of rotatable bonds is 3. The van der Waals surface area contributed by atoms with Crippen LogP contribution in [0.1, 0.15) is 23.0 Å². The molecule has 16 heavy (non-hydrogen) atoms. The zero-order valence-electron chi connectivity index (χ0n) is 8.80. The van der Waals surface area contributed by atoms with Crippen molar-refractivity contribution in [1.82, 2.24) is 5.16 Å². The Morgan fingerprint density at radius 1 is 1.38 bits per heavy atom. The molecule has 0 saturated heterocycles. The van der Waals surface area contributed by atoms with Gasteiger partial charge in [0.25, 0.3) is 0 Å². The average Bonchev–Trinajstić information content (AvgIpc) is 2.78. The normalized spacial score (nSPS) is 10.3. The Balaban J connectivity index is 2.31. The highest BCUT2D eigenvalue weighted by Gasteiger charge is 2.11. The van der Waals surface area contributed by atoms with Gasteiger partial charge in [-0.1, -0.05) is 36.3 Å². The highest BCUT2D eigenvalue weighted by atomic mass is 16.5. The summed E-state index contributed by atoms with van der Waals surface area (Å²) in [5.74, 6) is -1.25. The topological polar surface area (TPSA) is 63.3 Å². The number of aromatic carboxylic acids is 1. The maximum absolute atomic E-state index is 10.6. The molecule has 82 valence electrons. The average molecular weight is 217 g/mol. The van der Waals surface area contributed by atoms with E-state index in [9.17, 15) is 4.79 Å². The van der Waals surface area contributed by atoms with E-state index in [1.54, 1.807) is 0 Å². The molecule has 0 radical (unpaired) electrons. The Morgan fingerprint density at radius 3 is 2.56 bits per heavy atom. The van der Waals surface area contributed by atoms with Gasteiger partial charge in [-0.15, -0.1) is 0 Å². The molecule has 1 heterocycles. The third-order valence-electron chi connectivity index (χ3n) is 2.38. The zero-order valence-corrected chi connectivity index (χ0v) is 8.80. The number of hydrogen-bond acceptors (Lipinski definition) is 3. The van der Waals surface area contributed by atoms with Gasteiger partial charge in [0.2, 0.25) is 5.76 Å². The Hall–Kier alpha value is -2.10. The smallest absolute Gasteiger partial charge is 0.374 e. The molecule has 1 aromatic heterocycles. The Kier molecular flexibility index (Phi) is 2.72. The summed E-state index contributed by atoms with van der Waals surface area (Å²) in [7, 11) is 0. The van der Waals surface area contributed by atoms with Gasteiger partial charge in [-0.05, 0) is 12.0 Å². The molecule has 0 aliphatic carbocycles. The Morgan fingerprint density at radius 2 is 2.06 bits per heavy atom. The van der Waals surface area contributed by atoms with Crippen LogP contribution >= 0.6 is 0 Å². The van der Waals surface area contributed by atoms with E-state index in [1.807, 2.05) is 24.3 Å². The Labute approximate surface area is 92.5 Å². The van der Waals surface area contributed by atoms with Crippen molar-refractivity contribution in [2.24, 2.45) is 0 Å². The second-order valence-corrected chi connectivity index (χ2v) is 3.43. The van der Waals surface area contributed by atoms with Crippen LogP contribution in [0.25, 0.3) is 11.3 Å². The van der Waals surface area contributed by atoms with E-state index in [1.165, 1.54) is 11.6 Å². The summed E-state index contributed by atoms with van der Waals surface area (Å²) in [4.78, 5) is 10.6. The number of carboxylic acid groups (broad SMARTS) is 1. The van der Waals surface area contributed by atoms with Gasteiger partial charge in [0.15, 0.2) is 0 Å². The predicted octanol–water partition coefficient (Wildman–Crippen LogP) is 2.60. The van der Waals surface area contributed by atoms with E-state index in [-0.39, 0.29) is 5.76 Å². The highest BCUT2D eigenvalue weighted by molar-refractivity contribution is 5.85. The third kappa shape index (κ3) is 1.95. The van der Waals surface area contributed by atoms with Crippen LogP contribution in [0, 0.1) is 0 Å². The number of aryl methyl sites for hydroxylation is 1. The number of carbonyl (C=O) groups is 1. The first-order valence-electron chi connectivity index (χ1n) is 5.00. The molecule has 1 aromatic carbocycles. The number of hydrogen-bond donors (Lipinski definition) is 1. The molecule has 0 spiro atoms. The standard InChI is InChI=1S/C12H11NO3/c1-2-8-3-5-9(6-4-8)10-7-11(12(14)15)16-13-10/h3-7H,2H2,1H3,(H,14,15). The van der Waals surface area contributed by atoms with Gasteiger partial charge in [-0.25, -0.2) is 4.79 Å². The summed E-state index contributed by atoms with van der Waals surface area (Å²) < 4.78 is 4.69. The van der Waals surface area contributed by atoms with Gasteiger partial charge in [0.05, 0.1) is 0 Å². The molecule has 0 amide bonds. The van der Waals surface area contributed by atoms with Gasteiger partial charge in [-0.3, -0.25) is 0 Å². The molecule has 4 nitrogen and oxygen atoms in total.